The predicted molar refractivity (Wildman–Crippen MR) is 59.1 cm³/mol. The van der Waals surface area contributed by atoms with Gasteiger partial charge in [-0.15, -0.1) is 0 Å². The molecule has 0 heterocycles. The molecule has 14 heavy (non-hydrogen) atoms. The van der Waals surface area contributed by atoms with Crippen molar-refractivity contribution in [2.75, 3.05) is 6.61 Å². The van der Waals surface area contributed by atoms with Gasteiger partial charge in [-0.2, -0.15) is 0 Å². The molecule has 0 saturated heterocycles. The Kier molecular flexibility index (Phi) is 9.28. The summed E-state index contributed by atoms with van der Waals surface area (Å²) in [7, 11) is 0. The number of carbonyl (C=O) groups is 1. The highest BCUT2D eigenvalue weighted by Crippen LogP contribution is 1.92. The summed E-state index contributed by atoms with van der Waals surface area (Å²) < 4.78 is 4.96. The van der Waals surface area contributed by atoms with Crippen LogP contribution in [0.3, 0.4) is 0 Å². The summed E-state index contributed by atoms with van der Waals surface area (Å²) in [6.07, 6.45) is 11.3. The van der Waals surface area contributed by atoms with E-state index in [1.165, 1.54) is 0 Å². The van der Waals surface area contributed by atoms with E-state index in [1.807, 2.05) is 31.2 Å². The van der Waals surface area contributed by atoms with Crippen LogP contribution in [0.1, 0.15) is 39.5 Å². The third-order valence-corrected chi connectivity index (χ3v) is 1.65. The second-order valence-corrected chi connectivity index (χ2v) is 3.03. The first-order valence-electron chi connectivity index (χ1n) is 5.26. The van der Waals surface area contributed by atoms with Gasteiger partial charge in [0.05, 0.1) is 6.42 Å². The Hall–Kier alpha value is -1.05. The Morgan fingerprint density at radius 1 is 1.14 bits per heavy atom. The largest absolute Gasteiger partial charge is 0.461 e. The molecule has 0 saturated carbocycles. The number of hydrogen-bond acceptors (Lipinski definition) is 2. The third-order valence-electron chi connectivity index (χ3n) is 1.65. The number of carbonyl (C=O) groups excluding carboxylic acids is 1. The van der Waals surface area contributed by atoms with Crippen molar-refractivity contribution >= 4 is 5.97 Å². The van der Waals surface area contributed by atoms with Crippen molar-refractivity contribution < 1.29 is 9.53 Å². The van der Waals surface area contributed by atoms with E-state index < -0.39 is 0 Å². The van der Waals surface area contributed by atoms with Gasteiger partial charge in [-0.25, -0.2) is 0 Å². The highest BCUT2D eigenvalue weighted by Gasteiger charge is 1.95. The average Bonchev–Trinajstić information content (AvgIpc) is 2.18. The molecule has 0 atom stereocenters. The van der Waals surface area contributed by atoms with Crippen LogP contribution < -0.4 is 0 Å². The van der Waals surface area contributed by atoms with Crippen molar-refractivity contribution in [3.8, 4) is 0 Å². The molecule has 0 aliphatic rings. The van der Waals surface area contributed by atoms with Gasteiger partial charge >= 0.3 is 5.97 Å². The van der Waals surface area contributed by atoms with Crippen molar-refractivity contribution in [3.63, 3.8) is 0 Å². The molecular weight excluding hydrogens is 176 g/mol. The molecule has 0 aromatic carbocycles. The summed E-state index contributed by atoms with van der Waals surface area (Å²) in [5.41, 5.74) is 0. The van der Waals surface area contributed by atoms with Gasteiger partial charge in [0.15, 0.2) is 0 Å². The summed E-state index contributed by atoms with van der Waals surface area (Å²) in [5.74, 6) is -0.157. The lowest BCUT2D eigenvalue weighted by Crippen LogP contribution is -2.02. The second kappa shape index (κ2) is 10.0. The Bertz CT molecular complexity index is 192. The minimum Gasteiger partial charge on any atom is -0.461 e. The van der Waals surface area contributed by atoms with Crippen LogP contribution in [0.4, 0.5) is 0 Å². The van der Waals surface area contributed by atoms with Gasteiger partial charge in [0.2, 0.25) is 0 Å². The minimum atomic E-state index is -0.157. The normalized spacial score (nSPS) is 11.3. The number of allylic oxidation sites excluding steroid dienone is 2. The highest BCUT2D eigenvalue weighted by molar-refractivity contribution is 5.71. The number of rotatable bonds is 7. The van der Waals surface area contributed by atoms with Crippen LogP contribution in [0, 0.1) is 0 Å². The van der Waals surface area contributed by atoms with Gasteiger partial charge in [-0.1, -0.05) is 44.6 Å². The fourth-order valence-electron chi connectivity index (χ4n) is 0.899. The topological polar surface area (TPSA) is 26.3 Å². The predicted octanol–water partition coefficient (Wildman–Crippen LogP) is 3.24. The lowest BCUT2D eigenvalue weighted by Gasteiger charge is -1.97. The van der Waals surface area contributed by atoms with Crippen molar-refractivity contribution in [1.82, 2.24) is 0 Å². The fraction of sp³-hybridized carbons (Fsp3) is 0.583. The average molecular weight is 196 g/mol. The molecule has 0 bridgehead atoms. The van der Waals surface area contributed by atoms with Gasteiger partial charge in [0.1, 0.15) is 6.61 Å². The monoisotopic (exact) mass is 196 g/mol. The number of hydrogen-bond donors (Lipinski definition) is 0. The van der Waals surface area contributed by atoms with Gasteiger partial charge in [0.25, 0.3) is 0 Å². The first-order valence-corrected chi connectivity index (χ1v) is 5.26. The van der Waals surface area contributed by atoms with Crippen LogP contribution in [0.5, 0.6) is 0 Å². The van der Waals surface area contributed by atoms with Crippen LogP contribution in [-0.4, -0.2) is 12.6 Å². The van der Waals surface area contributed by atoms with Crippen LogP contribution >= 0.6 is 0 Å². The number of ether oxygens (including phenoxy) is 1. The van der Waals surface area contributed by atoms with E-state index in [4.69, 9.17) is 4.74 Å². The Labute approximate surface area is 86.6 Å². The summed E-state index contributed by atoms with van der Waals surface area (Å²) >= 11 is 0. The standard InChI is InChI=1S/C12H20O2/c1-3-5-7-9-11-14-12(13)10-8-6-4-2/h6-9H,3-5,10-11H2,1-2H3/b8-6+,9-7+. The van der Waals surface area contributed by atoms with Crippen LogP contribution in [0.15, 0.2) is 24.3 Å². The molecule has 2 nitrogen and oxygen atoms in total. The summed E-state index contributed by atoms with van der Waals surface area (Å²) in [6, 6.07) is 0. The van der Waals surface area contributed by atoms with Gasteiger partial charge in [-0.05, 0) is 12.8 Å². The molecular formula is C12H20O2. The lowest BCUT2D eigenvalue weighted by molar-refractivity contribution is -0.141. The fourth-order valence-corrected chi connectivity index (χ4v) is 0.899. The van der Waals surface area contributed by atoms with Crippen molar-refractivity contribution in [2.45, 2.75) is 39.5 Å². The molecule has 0 aliphatic heterocycles. The van der Waals surface area contributed by atoms with E-state index in [0.29, 0.717) is 13.0 Å². The van der Waals surface area contributed by atoms with E-state index in [0.717, 1.165) is 19.3 Å². The van der Waals surface area contributed by atoms with Crippen LogP contribution in [0.25, 0.3) is 0 Å². The summed E-state index contributed by atoms with van der Waals surface area (Å²) in [6.45, 7) is 4.56. The smallest absolute Gasteiger partial charge is 0.309 e. The molecule has 80 valence electrons. The van der Waals surface area contributed by atoms with Gasteiger partial charge in [-0.3, -0.25) is 4.79 Å². The van der Waals surface area contributed by atoms with Crippen molar-refractivity contribution in [1.29, 1.82) is 0 Å². The third kappa shape index (κ3) is 9.04. The van der Waals surface area contributed by atoms with Crippen molar-refractivity contribution in [3.05, 3.63) is 24.3 Å². The quantitative estimate of drug-likeness (QED) is 0.461. The Balaban J connectivity index is 3.39. The maximum absolute atomic E-state index is 11.0. The van der Waals surface area contributed by atoms with Crippen LogP contribution in [0.2, 0.25) is 0 Å². The molecule has 0 aromatic heterocycles. The van der Waals surface area contributed by atoms with E-state index in [1.54, 1.807) is 0 Å². The maximum atomic E-state index is 11.0. The molecule has 0 N–H and O–H groups in total. The molecule has 0 amide bonds. The molecule has 0 rings (SSSR count). The zero-order valence-electron chi connectivity index (χ0n) is 9.16. The first kappa shape index (κ1) is 12.9. The van der Waals surface area contributed by atoms with E-state index in [-0.39, 0.29) is 5.97 Å². The number of esters is 1. The van der Waals surface area contributed by atoms with Gasteiger partial charge in [0, 0.05) is 0 Å². The maximum Gasteiger partial charge on any atom is 0.309 e. The Morgan fingerprint density at radius 2 is 1.93 bits per heavy atom. The van der Waals surface area contributed by atoms with E-state index in [9.17, 15) is 4.79 Å². The first-order chi connectivity index (χ1) is 6.81. The lowest BCUT2D eigenvalue weighted by atomic mass is 10.3. The molecule has 2 heteroatoms. The molecule has 0 aromatic rings. The second-order valence-electron chi connectivity index (χ2n) is 3.03. The van der Waals surface area contributed by atoms with Crippen molar-refractivity contribution in [2.24, 2.45) is 0 Å². The van der Waals surface area contributed by atoms with Gasteiger partial charge < -0.3 is 4.74 Å². The minimum absolute atomic E-state index is 0.157. The highest BCUT2D eigenvalue weighted by atomic mass is 16.5. The van der Waals surface area contributed by atoms with E-state index >= 15 is 0 Å². The molecule has 0 aliphatic carbocycles. The van der Waals surface area contributed by atoms with Crippen LogP contribution in [-0.2, 0) is 9.53 Å². The summed E-state index contributed by atoms with van der Waals surface area (Å²) in [5, 5.41) is 0. The molecule has 0 spiro atoms. The molecule has 0 fully saturated rings. The Morgan fingerprint density at radius 3 is 2.57 bits per heavy atom. The zero-order valence-corrected chi connectivity index (χ0v) is 9.16. The SMILES string of the molecule is CC/C=C/CC(=O)OC/C=C/CCC. The van der Waals surface area contributed by atoms with E-state index in [2.05, 4.69) is 6.92 Å². The zero-order chi connectivity index (χ0) is 10.6. The molecule has 0 unspecified atom stereocenters. The number of unbranched alkanes of at least 4 members (excludes halogenated alkanes) is 1. The summed E-state index contributed by atoms with van der Waals surface area (Å²) in [4.78, 5) is 11.0. The molecule has 0 radical (unpaired) electrons.